The number of nitrogens with one attached hydrogen (secondary N) is 1. The summed E-state index contributed by atoms with van der Waals surface area (Å²) in [7, 11) is 0. The SMILES string of the molecule is O=C(Cn1nnc2ccccc21)N/N=C/c1ccc(C(F)(F)F)cc1. The molecule has 0 saturated carbocycles. The van der Waals surface area contributed by atoms with Gasteiger partial charge in [-0.1, -0.05) is 29.5 Å². The van der Waals surface area contributed by atoms with E-state index in [1.165, 1.54) is 23.0 Å². The van der Waals surface area contributed by atoms with Gasteiger partial charge in [-0.05, 0) is 29.8 Å². The van der Waals surface area contributed by atoms with Crippen LogP contribution in [0.2, 0.25) is 0 Å². The average molecular weight is 347 g/mol. The molecular formula is C16H12F3N5O. The molecule has 128 valence electrons. The van der Waals surface area contributed by atoms with Gasteiger partial charge in [0, 0.05) is 0 Å². The fraction of sp³-hybridized carbons (Fsp3) is 0.125. The summed E-state index contributed by atoms with van der Waals surface area (Å²) in [6.07, 6.45) is -3.12. The van der Waals surface area contributed by atoms with Crippen LogP contribution in [-0.4, -0.2) is 27.1 Å². The van der Waals surface area contributed by atoms with Crippen molar-refractivity contribution in [3.8, 4) is 0 Å². The number of fused-ring (bicyclic) bond motifs is 1. The van der Waals surface area contributed by atoms with Crippen LogP contribution in [0.3, 0.4) is 0 Å². The number of para-hydroxylation sites is 1. The minimum absolute atomic E-state index is 0.0785. The average Bonchev–Trinajstić information content (AvgIpc) is 2.98. The highest BCUT2D eigenvalue weighted by Crippen LogP contribution is 2.28. The summed E-state index contributed by atoms with van der Waals surface area (Å²) in [6, 6.07) is 11.6. The van der Waals surface area contributed by atoms with Gasteiger partial charge in [-0.15, -0.1) is 5.10 Å². The molecule has 9 heteroatoms. The lowest BCUT2D eigenvalue weighted by Gasteiger charge is -2.05. The molecule has 0 bridgehead atoms. The van der Waals surface area contributed by atoms with Crippen molar-refractivity contribution in [2.45, 2.75) is 12.7 Å². The molecule has 2 aromatic carbocycles. The maximum atomic E-state index is 12.5. The molecule has 3 aromatic rings. The molecule has 1 heterocycles. The maximum Gasteiger partial charge on any atom is 0.416 e. The number of aromatic nitrogens is 3. The standard InChI is InChI=1S/C16H12F3N5O/c17-16(18,19)12-7-5-11(6-8-12)9-20-22-15(25)10-24-14-4-2-1-3-13(14)21-23-24/h1-9H,10H2,(H,22,25)/b20-9+. The lowest BCUT2D eigenvalue weighted by atomic mass is 10.1. The smallest absolute Gasteiger partial charge is 0.271 e. The van der Waals surface area contributed by atoms with E-state index in [0.717, 1.165) is 12.1 Å². The highest BCUT2D eigenvalue weighted by Gasteiger charge is 2.29. The van der Waals surface area contributed by atoms with Gasteiger partial charge in [-0.25, -0.2) is 10.1 Å². The van der Waals surface area contributed by atoms with E-state index >= 15 is 0 Å². The zero-order valence-electron chi connectivity index (χ0n) is 12.7. The number of rotatable bonds is 4. The van der Waals surface area contributed by atoms with Crippen molar-refractivity contribution in [3.63, 3.8) is 0 Å². The van der Waals surface area contributed by atoms with Gasteiger partial charge in [0.25, 0.3) is 5.91 Å². The first-order valence-corrected chi connectivity index (χ1v) is 7.21. The Labute approximate surface area is 139 Å². The summed E-state index contributed by atoms with van der Waals surface area (Å²) in [4.78, 5) is 11.9. The molecular weight excluding hydrogens is 335 g/mol. The monoisotopic (exact) mass is 347 g/mol. The third kappa shape index (κ3) is 4.00. The highest BCUT2D eigenvalue weighted by molar-refractivity contribution is 5.83. The minimum atomic E-state index is -4.38. The lowest BCUT2D eigenvalue weighted by molar-refractivity contribution is -0.137. The summed E-state index contributed by atoms with van der Waals surface area (Å²) < 4.78 is 38.8. The first kappa shape index (κ1) is 16.6. The molecule has 0 aliphatic carbocycles. The zero-order valence-corrected chi connectivity index (χ0v) is 12.7. The lowest BCUT2D eigenvalue weighted by Crippen LogP contribution is -2.23. The number of benzene rings is 2. The number of halogens is 3. The summed E-state index contributed by atoms with van der Waals surface area (Å²) in [5.74, 6) is -0.432. The van der Waals surface area contributed by atoms with E-state index in [9.17, 15) is 18.0 Å². The number of nitrogens with zero attached hydrogens (tertiary/aromatic N) is 4. The van der Waals surface area contributed by atoms with Gasteiger partial charge in [0.2, 0.25) is 0 Å². The normalized spacial score (nSPS) is 12.0. The van der Waals surface area contributed by atoms with Crippen LogP contribution < -0.4 is 5.43 Å². The van der Waals surface area contributed by atoms with Gasteiger partial charge in [0.05, 0.1) is 17.3 Å². The second-order valence-electron chi connectivity index (χ2n) is 5.15. The van der Waals surface area contributed by atoms with Crippen molar-refractivity contribution < 1.29 is 18.0 Å². The van der Waals surface area contributed by atoms with Crippen LogP contribution in [0, 0.1) is 0 Å². The van der Waals surface area contributed by atoms with Crippen molar-refractivity contribution >= 4 is 23.2 Å². The van der Waals surface area contributed by atoms with E-state index in [2.05, 4.69) is 20.8 Å². The highest BCUT2D eigenvalue weighted by atomic mass is 19.4. The summed E-state index contributed by atoms with van der Waals surface area (Å²) >= 11 is 0. The first-order valence-electron chi connectivity index (χ1n) is 7.21. The summed E-state index contributed by atoms with van der Waals surface area (Å²) in [5, 5.41) is 11.5. The third-order valence-electron chi connectivity index (χ3n) is 3.35. The largest absolute Gasteiger partial charge is 0.416 e. The molecule has 3 rings (SSSR count). The van der Waals surface area contributed by atoms with E-state index in [0.29, 0.717) is 16.6 Å². The molecule has 6 nitrogen and oxygen atoms in total. The predicted octanol–water partition coefficient (Wildman–Crippen LogP) is 2.60. The van der Waals surface area contributed by atoms with Crippen LogP contribution in [0.25, 0.3) is 11.0 Å². The number of carbonyl (C=O) groups excluding carboxylic acids is 1. The molecule has 0 saturated heterocycles. The van der Waals surface area contributed by atoms with Gasteiger partial charge in [0.15, 0.2) is 0 Å². The van der Waals surface area contributed by atoms with Crippen molar-refractivity contribution in [1.29, 1.82) is 0 Å². The van der Waals surface area contributed by atoms with E-state index in [1.807, 2.05) is 12.1 Å². The molecule has 1 N–H and O–H groups in total. The molecule has 0 unspecified atom stereocenters. The van der Waals surface area contributed by atoms with E-state index in [1.54, 1.807) is 12.1 Å². The Bertz CT molecular complexity index is 915. The molecule has 0 atom stereocenters. The summed E-state index contributed by atoms with van der Waals surface area (Å²) in [6.45, 7) is -0.0785. The van der Waals surface area contributed by atoms with Gasteiger partial charge >= 0.3 is 6.18 Å². The van der Waals surface area contributed by atoms with Crippen LogP contribution in [0.15, 0.2) is 53.6 Å². The quantitative estimate of drug-likeness (QED) is 0.582. The molecule has 25 heavy (non-hydrogen) atoms. The number of hydrogen-bond acceptors (Lipinski definition) is 4. The van der Waals surface area contributed by atoms with Gasteiger partial charge in [-0.2, -0.15) is 18.3 Å². The predicted molar refractivity (Wildman–Crippen MR) is 84.7 cm³/mol. The molecule has 0 spiro atoms. The second kappa shape index (κ2) is 6.71. The number of hydrazone groups is 1. The third-order valence-corrected chi connectivity index (χ3v) is 3.35. The molecule has 0 aliphatic heterocycles. The molecule has 1 amide bonds. The van der Waals surface area contributed by atoms with Gasteiger partial charge in [-0.3, -0.25) is 4.79 Å². The van der Waals surface area contributed by atoms with E-state index in [-0.39, 0.29) is 6.54 Å². The molecule has 0 aliphatic rings. The number of alkyl halides is 3. The van der Waals surface area contributed by atoms with Crippen LogP contribution in [0.5, 0.6) is 0 Å². The summed E-state index contributed by atoms with van der Waals surface area (Å²) in [5.41, 5.74) is 3.37. The van der Waals surface area contributed by atoms with Crippen molar-refractivity contribution in [2.24, 2.45) is 5.10 Å². The molecule has 0 fully saturated rings. The van der Waals surface area contributed by atoms with Crippen molar-refractivity contribution in [1.82, 2.24) is 20.4 Å². The molecule has 1 aromatic heterocycles. The van der Waals surface area contributed by atoms with E-state index < -0.39 is 17.6 Å². The van der Waals surface area contributed by atoms with Crippen molar-refractivity contribution in [2.75, 3.05) is 0 Å². The Balaban J connectivity index is 1.59. The minimum Gasteiger partial charge on any atom is -0.271 e. The zero-order chi connectivity index (χ0) is 17.9. The van der Waals surface area contributed by atoms with Crippen LogP contribution in [0.4, 0.5) is 13.2 Å². The van der Waals surface area contributed by atoms with Crippen LogP contribution >= 0.6 is 0 Å². The van der Waals surface area contributed by atoms with Crippen molar-refractivity contribution in [3.05, 3.63) is 59.7 Å². The second-order valence-corrected chi connectivity index (χ2v) is 5.15. The maximum absolute atomic E-state index is 12.5. The Morgan fingerprint density at radius 2 is 1.88 bits per heavy atom. The van der Waals surface area contributed by atoms with Gasteiger partial charge in [0.1, 0.15) is 12.1 Å². The number of amides is 1. The first-order chi connectivity index (χ1) is 11.9. The van der Waals surface area contributed by atoms with E-state index in [4.69, 9.17) is 0 Å². The number of carbonyl (C=O) groups is 1. The fourth-order valence-corrected chi connectivity index (χ4v) is 2.14. The Kier molecular flexibility index (Phi) is 4.46. The fourth-order valence-electron chi connectivity index (χ4n) is 2.14. The number of hydrogen-bond donors (Lipinski definition) is 1. The van der Waals surface area contributed by atoms with Gasteiger partial charge < -0.3 is 0 Å². The Morgan fingerprint density at radius 1 is 1.16 bits per heavy atom. The van der Waals surface area contributed by atoms with Crippen LogP contribution in [-0.2, 0) is 17.5 Å². The Morgan fingerprint density at radius 3 is 2.60 bits per heavy atom. The molecule has 0 radical (unpaired) electrons. The Hall–Kier alpha value is -3.23. The van der Waals surface area contributed by atoms with Crippen LogP contribution in [0.1, 0.15) is 11.1 Å². The topological polar surface area (TPSA) is 72.2 Å².